The summed E-state index contributed by atoms with van der Waals surface area (Å²) in [6.07, 6.45) is 2.74. The van der Waals surface area contributed by atoms with Crippen LogP contribution in [0.5, 0.6) is 0 Å². The van der Waals surface area contributed by atoms with Crippen molar-refractivity contribution in [3.05, 3.63) is 40.0 Å². The van der Waals surface area contributed by atoms with E-state index in [-0.39, 0.29) is 0 Å². The molecule has 0 saturated carbocycles. The fraction of sp³-hybridized carbons (Fsp3) is 0.231. The van der Waals surface area contributed by atoms with Gasteiger partial charge in [-0.3, -0.25) is 4.99 Å². The molecule has 0 fully saturated rings. The summed E-state index contributed by atoms with van der Waals surface area (Å²) in [5.74, 6) is 1.32. The lowest BCUT2D eigenvalue weighted by Crippen LogP contribution is -2.30. The molecule has 3 N–H and O–H groups in total. The van der Waals surface area contributed by atoms with E-state index < -0.39 is 0 Å². The van der Waals surface area contributed by atoms with Crippen molar-refractivity contribution < 1.29 is 0 Å². The van der Waals surface area contributed by atoms with E-state index in [4.69, 9.17) is 28.9 Å². The van der Waals surface area contributed by atoms with Gasteiger partial charge < -0.3 is 11.1 Å². The van der Waals surface area contributed by atoms with Crippen molar-refractivity contribution in [2.75, 3.05) is 18.8 Å². The molecule has 0 bridgehead atoms. The fourth-order valence-electron chi connectivity index (χ4n) is 2.08. The Bertz CT molecular complexity index is 677. The molecule has 1 aliphatic rings. The van der Waals surface area contributed by atoms with Gasteiger partial charge in [0.15, 0.2) is 0 Å². The number of nitrogens with two attached hydrogens (primary N) is 1. The van der Waals surface area contributed by atoms with Crippen molar-refractivity contribution in [2.45, 2.75) is 6.42 Å². The van der Waals surface area contributed by atoms with Gasteiger partial charge in [-0.1, -0.05) is 23.2 Å². The minimum atomic E-state index is 0.466. The first-order valence-corrected chi connectivity index (χ1v) is 7.00. The van der Waals surface area contributed by atoms with Gasteiger partial charge in [-0.2, -0.15) is 5.10 Å². The molecule has 0 aliphatic carbocycles. The van der Waals surface area contributed by atoms with Crippen LogP contribution in [0.2, 0.25) is 10.0 Å². The van der Waals surface area contributed by atoms with Crippen LogP contribution in [-0.2, 0) is 0 Å². The smallest absolute Gasteiger partial charge is 0.138 e. The number of nitrogens with one attached hydrogen (secondary N) is 1. The van der Waals surface area contributed by atoms with Crippen molar-refractivity contribution in [2.24, 2.45) is 4.99 Å². The molecule has 3 rings (SSSR count). The Kier molecular flexibility index (Phi) is 3.54. The fourth-order valence-corrected chi connectivity index (χ4v) is 2.37. The third kappa shape index (κ3) is 2.34. The average Bonchev–Trinajstić information content (AvgIpc) is 2.85. The van der Waals surface area contributed by atoms with Gasteiger partial charge in [0.2, 0.25) is 0 Å². The maximum Gasteiger partial charge on any atom is 0.138 e. The van der Waals surface area contributed by atoms with Gasteiger partial charge in [-0.25, -0.2) is 4.68 Å². The number of nitrogens with zero attached hydrogens (tertiary/aromatic N) is 3. The van der Waals surface area contributed by atoms with Crippen LogP contribution in [0.4, 0.5) is 5.82 Å². The van der Waals surface area contributed by atoms with Crippen LogP contribution in [0, 0.1) is 0 Å². The van der Waals surface area contributed by atoms with Crippen molar-refractivity contribution in [3.8, 4) is 5.69 Å². The maximum atomic E-state index is 6.16. The number of hydrogen-bond donors (Lipinski definition) is 2. The predicted molar refractivity (Wildman–Crippen MR) is 82.0 cm³/mol. The van der Waals surface area contributed by atoms with Gasteiger partial charge in [0.1, 0.15) is 11.7 Å². The number of halogens is 2. The van der Waals surface area contributed by atoms with Gasteiger partial charge in [-0.05, 0) is 24.6 Å². The number of anilines is 1. The van der Waals surface area contributed by atoms with Gasteiger partial charge in [0, 0.05) is 13.1 Å². The molecule has 20 heavy (non-hydrogen) atoms. The normalized spacial score (nSPS) is 14.8. The summed E-state index contributed by atoms with van der Waals surface area (Å²) in [4.78, 5) is 4.42. The Morgan fingerprint density at radius 1 is 1.25 bits per heavy atom. The molecule has 2 aromatic rings. The number of rotatable bonds is 2. The van der Waals surface area contributed by atoms with Crippen molar-refractivity contribution in [1.82, 2.24) is 15.1 Å². The number of benzene rings is 1. The quantitative estimate of drug-likeness (QED) is 0.895. The number of aliphatic imine (C=N–C) groups is 1. The summed E-state index contributed by atoms with van der Waals surface area (Å²) in [6.45, 7) is 1.70. The molecule has 1 aromatic heterocycles. The van der Waals surface area contributed by atoms with E-state index in [0.717, 1.165) is 36.6 Å². The zero-order chi connectivity index (χ0) is 14.1. The summed E-state index contributed by atoms with van der Waals surface area (Å²) >= 11 is 11.9. The summed E-state index contributed by atoms with van der Waals surface area (Å²) in [5.41, 5.74) is 7.72. The van der Waals surface area contributed by atoms with E-state index in [0.29, 0.717) is 15.9 Å². The van der Waals surface area contributed by atoms with Crippen molar-refractivity contribution in [1.29, 1.82) is 0 Å². The molecule has 1 aliphatic heterocycles. The monoisotopic (exact) mass is 309 g/mol. The van der Waals surface area contributed by atoms with Crippen LogP contribution in [0.1, 0.15) is 12.0 Å². The minimum Gasteiger partial charge on any atom is -0.383 e. The van der Waals surface area contributed by atoms with Crippen LogP contribution in [0.15, 0.2) is 29.4 Å². The summed E-state index contributed by atoms with van der Waals surface area (Å²) in [7, 11) is 0. The van der Waals surface area contributed by atoms with Gasteiger partial charge in [0.05, 0.1) is 27.5 Å². The number of nitrogen functional groups attached to an aromatic ring is 1. The van der Waals surface area contributed by atoms with E-state index in [1.165, 1.54) is 0 Å². The van der Waals surface area contributed by atoms with Gasteiger partial charge in [0.25, 0.3) is 0 Å². The van der Waals surface area contributed by atoms with Gasteiger partial charge in [-0.15, -0.1) is 0 Å². The Morgan fingerprint density at radius 2 is 2.10 bits per heavy atom. The zero-order valence-corrected chi connectivity index (χ0v) is 12.1. The largest absolute Gasteiger partial charge is 0.383 e. The van der Waals surface area contributed by atoms with Gasteiger partial charge >= 0.3 is 0 Å². The van der Waals surface area contributed by atoms with Crippen molar-refractivity contribution in [3.63, 3.8) is 0 Å². The predicted octanol–water partition coefficient (Wildman–Crippen LogP) is 2.50. The lowest BCUT2D eigenvalue weighted by Gasteiger charge is -2.14. The van der Waals surface area contributed by atoms with E-state index in [1.807, 2.05) is 6.07 Å². The molecule has 0 atom stereocenters. The van der Waals surface area contributed by atoms with Crippen LogP contribution in [0.3, 0.4) is 0 Å². The first-order chi connectivity index (χ1) is 9.66. The van der Waals surface area contributed by atoms with E-state index in [9.17, 15) is 0 Å². The molecule has 0 radical (unpaired) electrons. The third-order valence-electron chi connectivity index (χ3n) is 3.11. The first-order valence-electron chi connectivity index (χ1n) is 6.24. The number of aromatic nitrogens is 2. The van der Waals surface area contributed by atoms with Crippen LogP contribution < -0.4 is 11.1 Å². The molecule has 1 aromatic carbocycles. The summed E-state index contributed by atoms with van der Waals surface area (Å²) in [6, 6.07) is 5.26. The average molecular weight is 310 g/mol. The second-order valence-electron chi connectivity index (χ2n) is 4.46. The first kappa shape index (κ1) is 13.3. The lowest BCUT2D eigenvalue weighted by atomic mass is 10.2. The van der Waals surface area contributed by atoms with Crippen molar-refractivity contribution >= 4 is 34.9 Å². The number of amidine groups is 1. The zero-order valence-electron chi connectivity index (χ0n) is 10.6. The lowest BCUT2D eigenvalue weighted by molar-refractivity contribution is 0.742. The van der Waals surface area contributed by atoms with Crippen LogP contribution in [-0.4, -0.2) is 28.7 Å². The molecular formula is C13H13Cl2N5. The highest BCUT2D eigenvalue weighted by Gasteiger charge is 2.16. The molecular weight excluding hydrogens is 297 g/mol. The highest BCUT2D eigenvalue weighted by molar-refractivity contribution is 6.42. The van der Waals surface area contributed by atoms with E-state index in [2.05, 4.69) is 15.4 Å². The highest BCUT2D eigenvalue weighted by Crippen LogP contribution is 2.26. The highest BCUT2D eigenvalue weighted by atomic mass is 35.5. The topological polar surface area (TPSA) is 68.2 Å². The molecule has 0 saturated heterocycles. The Labute approximate surface area is 126 Å². The molecule has 7 heteroatoms. The second kappa shape index (κ2) is 5.34. The standard InChI is InChI=1S/C13H13Cl2N5/c14-10-3-2-8(6-11(10)15)20-12(16)9(7-19-20)13-17-4-1-5-18-13/h2-3,6-7H,1,4-5,16H2,(H,17,18). The molecule has 5 nitrogen and oxygen atoms in total. The SMILES string of the molecule is Nc1c(C2=NCCCN2)cnn1-c1ccc(Cl)c(Cl)c1. The maximum absolute atomic E-state index is 6.16. The molecule has 104 valence electrons. The van der Waals surface area contributed by atoms with E-state index in [1.54, 1.807) is 23.0 Å². The molecule has 0 amide bonds. The second-order valence-corrected chi connectivity index (χ2v) is 5.28. The third-order valence-corrected chi connectivity index (χ3v) is 3.85. The molecule has 0 spiro atoms. The summed E-state index contributed by atoms with van der Waals surface area (Å²) in [5, 5.41) is 8.50. The Hall–Kier alpha value is -1.72. The Balaban J connectivity index is 2.01. The summed E-state index contributed by atoms with van der Waals surface area (Å²) < 4.78 is 1.62. The molecule has 0 unspecified atom stereocenters. The Morgan fingerprint density at radius 3 is 2.80 bits per heavy atom. The number of hydrogen-bond acceptors (Lipinski definition) is 4. The minimum absolute atomic E-state index is 0.466. The van der Waals surface area contributed by atoms with Crippen LogP contribution in [0.25, 0.3) is 5.69 Å². The molecule has 2 heterocycles. The van der Waals surface area contributed by atoms with E-state index >= 15 is 0 Å². The van der Waals surface area contributed by atoms with Crippen LogP contribution >= 0.6 is 23.2 Å².